The zero-order chi connectivity index (χ0) is 47.8. The number of nitriles is 10. The number of rotatable bonds is 4. The van der Waals surface area contributed by atoms with Gasteiger partial charge >= 0.3 is 12.4 Å². The molecular formula is C50H14F6N10. The molecule has 2 aliphatic carbocycles. The van der Waals surface area contributed by atoms with Gasteiger partial charge in [0.2, 0.25) is 0 Å². The molecule has 2 aliphatic rings. The molecule has 0 saturated carbocycles. The minimum absolute atomic E-state index is 0.0862. The lowest BCUT2D eigenvalue weighted by Crippen LogP contribution is -2.06. The number of benzene rings is 5. The Kier molecular flexibility index (Phi) is 10.9. The minimum Gasteiger partial charge on any atom is -0.192 e. The first-order chi connectivity index (χ1) is 31.6. The second-order valence-electron chi connectivity index (χ2n) is 14.0. The zero-order valence-corrected chi connectivity index (χ0v) is 32.8. The van der Waals surface area contributed by atoms with Crippen molar-refractivity contribution in [2.45, 2.75) is 12.4 Å². The number of alkyl halides is 6. The molecule has 0 fully saturated rings. The van der Waals surface area contributed by atoms with Gasteiger partial charge in [-0.2, -0.15) is 79.0 Å². The number of fused-ring (bicyclic) bond motifs is 2. The van der Waals surface area contributed by atoms with Crippen molar-refractivity contribution in [2.75, 3.05) is 0 Å². The third-order valence-electron chi connectivity index (χ3n) is 10.8. The van der Waals surface area contributed by atoms with Crippen molar-refractivity contribution in [3.8, 4) is 60.7 Å². The van der Waals surface area contributed by atoms with Gasteiger partial charge in [0.05, 0.1) is 66.8 Å². The average Bonchev–Trinajstić information content (AvgIpc) is 3.84. The van der Waals surface area contributed by atoms with Gasteiger partial charge in [-0.05, 0) is 70.8 Å². The van der Waals surface area contributed by atoms with Crippen LogP contribution in [0.3, 0.4) is 0 Å². The quantitative estimate of drug-likeness (QED) is 0.122. The molecular weight excluding hydrogens is 855 g/mol. The van der Waals surface area contributed by atoms with Crippen LogP contribution in [-0.2, 0) is 12.4 Å². The summed E-state index contributed by atoms with van der Waals surface area (Å²) in [4.78, 5) is 0. The van der Waals surface area contributed by atoms with Crippen LogP contribution in [-0.4, -0.2) is 0 Å². The lowest BCUT2D eigenvalue weighted by Gasteiger charge is -2.18. The molecule has 306 valence electrons. The van der Waals surface area contributed by atoms with Gasteiger partial charge in [-0.1, -0.05) is 36.4 Å². The summed E-state index contributed by atoms with van der Waals surface area (Å²) in [5, 5.41) is 106. The van der Waals surface area contributed by atoms with Crippen LogP contribution in [0.25, 0.3) is 44.6 Å². The van der Waals surface area contributed by atoms with Gasteiger partial charge in [0, 0.05) is 44.5 Å². The molecule has 0 radical (unpaired) electrons. The second kappa shape index (κ2) is 16.4. The molecule has 0 heterocycles. The molecule has 0 bridgehead atoms. The maximum atomic E-state index is 13.9. The van der Waals surface area contributed by atoms with Crippen LogP contribution in [0.4, 0.5) is 26.3 Å². The van der Waals surface area contributed by atoms with E-state index in [1.165, 1.54) is 24.3 Å². The van der Waals surface area contributed by atoms with E-state index in [0.717, 1.165) is 36.4 Å². The highest BCUT2D eigenvalue weighted by molar-refractivity contribution is 6.36. The average molecular weight is 869 g/mol. The van der Waals surface area contributed by atoms with E-state index in [0.29, 0.717) is 24.3 Å². The lowest BCUT2D eigenvalue weighted by atomic mass is 9.80. The molecule has 5 aromatic rings. The fourth-order valence-electron chi connectivity index (χ4n) is 7.99. The second-order valence-corrected chi connectivity index (χ2v) is 14.0. The molecule has 0 unspecified atom stereocenters. The fourth-order valence-corrected chi connectivity index (χ4v) is 7.99. The summed E-state index contributed by atoms with van der Waals surface area (Å²) in [7, 11) is 0. The first-order valence-electron chi connectivity index (χ1n) is 18.5. The Balaban J connectivity index is 1.76. The minimum atomic E-state index is -4.83. The molecule has 0 spiro atoms. The smallest absolute Gasteiger partial charge is 0.192 e. The van der Waals surface area contributed by atoms with Gasteiger partial charge in [0.25, 0.3) is 0 Å². The van der Waals surface area contributed by atoms with E-state index in [1.54, 1.807) is 0 Å². The number of hydrogen-bond donors (Lipinski definition) is 0. The van der Waals surface area contributed by atoms with Crippen molar-refractivity contribution in [3.05, 3.63) is 174 Å². The monoisotopic (exact) mass is 868 g/mol. The van der Waals surface area contributed by atoms with Crippen LogP contribution in [0.1, 0.15) is 89.0 Å². The highest BCUT2D eigenvalue weighted by Crippen LogP contribution is 2.59. The molecule has 0 saturated heterocycles. The van der Waals surface area contributed by atoms with Crippen LogP contribution >= 0.6 is 0 Å². The van der Waals surface area contributed by atoms with Gasteiger partial charge in [0.1, 0.15) is 60.7 Å². The lowest BCUT2D eigenvalue weighted by molar-refractivity contribution is -0.138. The Hall–Kier alpha value is -10.5. The molecule has 5 aromatic carbocycles. The molecule has 16 heteroatoms. The van der Waals surface area contributed by atoms with E-state index >= 15 is 0 Å². The van der Waals surface area contributed by atoms with Crippen molar-refractivity contribution < 1.29 is 26.3 Å². The van der Waals surface area contributed by atoms with Gasteiger partial charge < -0.3 is 0 Å². The number of nitrogens with zero attached hydrogens (tertiary/aromatic N) is 10. The zero-order valence-electron chi connectivity index (χ0n) is 32.8. The Labute approximate surface area is 369 Å². The van der Waals surface area contributed by atoms with Gasteiger partial charge in [0.15, 0.2) is 0 Å². The van der Waals surface area contributed by atoms with Crippen molar-refractivity contribution in [3.63, 3.8) is 0 Å². The van der Waals surface area contributed by atoms with Gasteiger partial charge in [-0.25, -0.2) is 0 Å². The summed E-state index contributed by atoms with van der Waals surface area (Å²) >= 11 is 0. The predicted octanol–water partition coefficient (Wildman–Crippen LogP) is 10.7. The maximum absolute atomic E-state index is 13.9. The Morgan fingerprint density at radius 3 is 0.970 bits per heavy atom. The predicted molar refractivity (Wildman–Crippen MR) is 220 cm³/mol. The summed E-state index contributed by atoms with van der Waals surface area (Å²) in [6.07, 6.45) is -9.65. The topological polar surface area (TPSA) is 238 Å². The molecule has 0 N–H and O–H groups in total. The standard InChI is InChI=1S/C50H14F6N10/c51-49(52,53)33-9-5-25(6-10-33)41-37(21-63)43-39(23-65)44-38(22-64)42(26-7-11-34(12-8-26)50(54,55)56)46(36(20-62)28-2-4-30(16-58)32(14-28)18-60)48(44)40(24-66)47(43)45(41)35(19-61)27-1-3-29(15-57)31(13-27)17-59/h1-14H/b45-35+,46-36+. The normalized spacial score (nSPS) is 14.0. The number of halogens is 6. The largest absolute Gasteiger partial charge is 0.416 e. The van der Waals surface area contributed by atoms with E-state index in [1.807, 2.05) is 60.7 Å². The van der Waals surface area contributed by atoms with Crippen molar-refractivity contribution in [2.24, 2.45) is 0 Å². The first kappa shape index (κ1) is 43.6. The number of hydrogen-bond acceptors (Lipinski definition) is 10. The van der Waals surface area contributed by atoms with E-state index in [2.05, 4.69) is 0 Å². The van der Waals surface area contributed by atoms with Crippen molar-refractivity contribution in [1.82, 2.24) is 0 Å². The van der Waals surface area contributed by atoms with E-state index in [9.17, 15) is 79.0 Å². The Morgan fingerprint density at radius 2 is 0.697 bits per heavy atom. The van der Waals surface area contributed by atoms with Gasteiger partial charge in [-0.3, -0.25) is 0 Å². The van der Waals surface area contributed by atoms with E-state index in [-0.39, 0.29) is 89.1 Å². The van der Waals surface area contributed by atoms with Crippen LogP contribution < -0.4 is 0 Å². The van der Waals surface area contributed by atoms with Gasteiger partial charge in [-0.15, -0.1) is 0 Å². The molecule has 0 aliphatic heterocycles. The van der Waals surface area contributed by atoms with Crippen LogP contribution in [0.15, 0.2) is 84.9 Å². The summed E-state index contributed by atoms with van der Waals surface area (Å²) in [5.74, 6) is 0. The van der Waals surface area contributed by atoms with Crippen LogP contribution in [0.2, 0.25) is 0 Å². The summed E-state index contributed by atoms with van der Waals surface area (Å²) in [5.41, 5.74) is -8.69. The fraction of sp³-hybridized carbons (Fsp3) is 0.0400. The Morgan fingerprint density at radius 1 is 0.364 bits per heavy atom. The molecule has 0 atom stereocenters. The first-order valence-corrected chi connectivity index (χ1v) is 18.5. The molecule has 0 amide bonds. The highest BCUT2D eigenvalue weighted by atomic mass is 19.4. The molecule has 10 nitrogen and oxygen atoms in total. The van der Waals surface area contributed by atoms with E-state index in [4.69, 9.17) is 0 Å². The van der Waals surface area contributed by atoms with Crippen molar-refractivity contribution in [1.29, 1.82) is 52.6 Å². The third-order valence-corrected chi connectivity index (χ3v) is 10.8. The number of allylic oxidation sites excluding steroid dienone is 8. The molecule has 66 heavy (non-hydrogen) atoms. The summed E-state index contributed by atoms with van der Waals surface area (Å²) in [6.45, 7) is 0. The SMILES string of the molecule is N#CC1=C(c2ccc(C(F)(F)F)cc2)/C(=C(/C#N)c2ccc(C#N)c(C#N)c2)c2c(C#N)c3c(c(C#N)c21)C(C#N)=C(c1ccc(C(F)(F)F)cc1)/C3=C(/C#N)c1ccc(C#N)c(C#N)c1. The maximum Gasteiger partial charge on any atom is 0.416 e. The molecule has 0 aromatic heterocycles. The third kappa shape index (κ3) is 6.79. The summed E-state index contributed by atoms with van der Waals surface area (Å²) in [6, 6.07) is 33.2. The molecule has 7 rings (SSSR count). The van der Waals surface area contributed by atoms with E-state index < -0.39 is 56.9 Å². The van der Waals surface area contributed by atoms with Crippen molar-refractivity contribution >= 4 is 44.6 Å². The highest BCUT2D eigenvalue weighted by Gasteiger charge is 2.44. The summed E-state index contributed by atoms with van der Waals surface area (Å²) < 4.78 is 83.1. The van der Waals surface area contributed by atoms with Crippen LogP contribution in [0, 0.1) is 113 Å². The van der Waals surface area contributed by atoms with Crippen LogP contribution in [0.5, 0.6) is 0 Å². The Bertz CT molecular complexity index is 3420.